The van der Waals surface area contributed by atoms with Gasteiger partial charge in [-0.15, -0.1) is 0 Å². The van der Waals surface area contributed by atoms with Crippen molar-refractivity contribution >= 4 is 0 Å². The van der Waals surface area contributed by atoms with E-state index in [4.69, 9.17) is 5.73 Å². The van der Waals surface area contributed by atoms with Gasteiger partial charge in [0.1, 0.15) is 0 Å². The molecule has 2 rings (SSSR count). The third-order valence-corrected chi connectivity index (χ3v) is 2.93. The summed E-state index contributed by atoms with van der Waals surface area (Å²) in [6.07, 6.45) is -3.62. The van der Waals surface area contributed by atoms with Gasteiger partial charge in [0.05, 0.1) is 6.54 Å². The monoisotopic (exact) mass is 328 g/mol. The number of alkyl halides is 4. The molecule has 0 bridgehead atoms. The SMILES string of the molecule is FC(F)C(F)(F)CNCc1ccccc1.NCc1ccccc1. The van der Waals surface area contributed by atoms with Crippen LogP contribution in [-0.4, -0.2) is 18.9 Å². The summed E-state index contributed by atoms with van der Waals surface area (Å²) in [5.74, 6) is -3.96. The normalized spacial score (nSPS) is 11.0. The van der Waals surface area contributed by atoms with E-state index in [0.717, 1.165) is 5.56 Å². The average molecular weight is 328 g/mol. The van der Waals surface area contributed by atoms with Gasteiger partial charge in [-0.2, -0.15) is 8.78 Å². The van der Waals surface area contributed by atoms with Crippen LogP contribution in [0.2, 0.25) is 0 Å². The zero-order valence-electron chi connectivity index (χ0n) is 12.6. The highest BCUT2D eigenvalue weighted by molar-refractivity contribution is 5.14. The van der Waals surface area contributed by atoms with E-state index >= 15 is 0 Å². The average Bonchev–Trinajstić information content (AvgIpc) is 2.57. The van der Waals surface area contributed by atoms with Crippen molar-refractivity contribution in [3.8, 4) is 0 Å². The van der Waals surface area contributed by atoms with Crippen molar-refractivity contribution in [2.24, 2.45) is 5.73 Å². The van der Waals surface area contributed by atoms with E-state index in [-0.39, 0.29) is 6.54 Å². The van der Waals surface area contributed by atoms with Gasteiger partial charge in [-0.05, 0) is 11.1 Å². The van der Waals surface area contributed by atoms with Crippen LogP contribution in [0.4, 0.5) is 17.6 Å². The van der Waals surface area contributed by atoms with E-state index < -0.39 is 18.9 Å². The van der Waals surface area contributed by atoms with Gasteiger partial charge >= 0.3 is 12.3 Å². The fraction of sp³-hybridized carbons (Fsp3) is 0.294. The lowest BCUT2D eigenvalue weighted by atomic mass is 10.2. The van der Waals surface area contributed by atoms with E-state index in [0.29, 0.717) is 6.54 Å². The van der Waals surface area contributed by atoms with Gasteiger partial charge in [-0.1, -0.05) is 60.7 Å². The summed E-state index contributed by atoms with van der Waals surface area (Å²) in [7, 11) is 0. The molecule has 2 aromatic carbocycles. The molecule has 0 aliphatic rings. The van der Waals surface area contributed by atoms with Crippen molar-refractivity contribution in [3.63, 3.8) is 0 Å². The number of nitrogens with one attached hydrogen (secondary N) is 1. The second-order valence-corrected chi connectivity index (χ2v) is 4.84. The molecule has 0 aliphatic heterocycles. The number of nitrogens with two attached hydrogens (primary N) is 1. The first kappa shape index (κ1) is 19.1. The molecule has 0 radical (unpaired) electrons. The number of hydrogen-bond acceptors (Lipinski definition) is 2. The lowest BCUT2D eigenvalue weighted by molar-refractivity contribution is -0.125. The Hall–Kier alpha value is -1.92. The number of rotatable bonds is 6. The largest absolute Gasteiger partial charge is 0.326 e. The second kappa shape index (κ2) is 9.97. The Kier molecular flexibility index (Phi) is 8.29. The van der Waals surface area contributed by atoms with Crippen molar-refractivity contribution in [3.05, 3.63) is 71.8 Å². The highest BCUT2D eigenvalue weighted by Gasteiger charge is 2.39. The summed E-state index contributed by atoms with van der Waals surface area (Å²) in [5, 5.41) is 2.29. The lowest BCUT2D eigenvalue weighted by Crippen LogP contribution is -2.38. The van der Waals surface area contributed by atoms with Gasteiger partial charge in [-0.25, -0.2) is 8.78 Å². The first-order valence-corrected chi connectivity index (χ1v) is 7.10. The molecule has 0 saturated heterocycles. The number of benzene rings is 2. The molecule has 23 heavy (non-hydrogen) atoms. The highest BCUT2D eigenvalue weighted by Crippen LogP contribution is 2.21. The molecule has 0 aliphatic carbocycles. The van der Waals surface area contributed by atoms with Crippen LogP contribution >= 0.6 is 0 Å². The molecule has 6 heteroatoms. The fourth-order valence-electron chi connectivity index (χ4n) is 1.66. The Morgan fingerprint density at radius 1 is 0.870 bits per heavy atom. The van der Waals surface area contributed by atoms with Crippen LogP contribution < -0.4 is 11.1 Å². The van der Waals surface area contributed by atoms with Gasteiger partial charge in [0.15, 0.2) is 0 Å². The van der Waals surface area contributed by atoms with E-state index in [1.54, 1.807) is 30.3 Å². The minimum absolute atomic E-state index is 0.156. The van der Waals surface area contributed by atoms with E-state index in [9.17, 15) is 17.6 Å². The molecule has 3 N–H and O–H groups in total. The molecule has 0 unspecified atom stereocenters. The predicted octanol–water partition coefficient (Wildman–Crippen LogP) is 3.82. The zero-order chi connectivity index (χ0) is 17.1. The van der Waals surface area contributed by atoms with Gasteiger partial charge in [-0.3, -0.25) is 0 Å². The Balaban J connectivity index is 0.000000277. The first-order valence-electron chi connectivity index (χ1n) is 7.10. The molecule has 0 saturated carbocycles. The molecular formula is C17H20F4N2. The minimum Gasteiger partial charge on any atom is -0.326 e. The Morgan fingerprint density at radius 3 is 1.74 bits per heavy atom. The van der Waals surface area contributed by atoms with E-state index in [1.807, 2.05) is 30.3 Å². The summed E-state index contributed by atoms with van der Waals surface area (Å²) in [6.45, 7) is -0.219. The third-order valence-electron chi connectivity index (χ3n) is 2.93. The molecule has 2 nitrogen and oxygen atoms in total. The standard InChI is InChI=1S/C10H11F4N.C7H9N/c11-9(12)10(13,14)7-15-6-8-4-2-1-3-5-8;8-6-7-4-2-1-3-5-7/h1-5,9,15H,6-7H2;1-5H,6,8H2. The zero-order valence-corrected chi connectivity index (χ0v) is 12.6. The topological polar surface area (TPSA) is 38.0 Å². The van der Waals surface area contributed by atoms with Crippen molar-refractivity contribution in [1.29, 1.82) is 0 Å². The van der Waals surface area contributed by atoms with Gasteiger partial charge in [0.2, 0.25) is 0 Å². The molecule has 0 heterocycles. The number of halogens is 4. The first-order chi connectivity index (χ1) is 11.0. The molecule has 126 valence electrons. The van der Waals surface area contributed by atoms with Gasteiger partial charge in [0.25, 0.3) is 0 Å². The van der Waals surface area contributed by atoms with Crippen molar-refractivity contribution < 1.29 is 17.6 Å². The van der Waals surface area contributed by atoms with Crippen molar-refractivity contribution in [2.45, 2.75) is 25.4 Å². The number of hydrogen-bond donors (Lipinski definition) is 2. The van der Waals surface area contributed by atoms with E-state index in [1.165, 1.54) is 5.56 Å². The minimum atomic E-state index is -3.96. The maximum absolute atomic E-state index is 12.4. The van der Waals surface area contributed by atoms with Gasteiger partial charge < -0.3 is 11.1 Å². The van der Waals surface area contributed by atoms with Crippen molar-refractivity contribution in [1.82, 2.24) is 5.32 Å². The van der Waals surface area contributed by atoms with Gasteiger partial charge in [0, 0.05) is 13.1 Å². The summed E-state index contributed by atoms with van der Waals surface area (Å²) in [5.41, 5.74) is 7.32. The smallest absolute Gasteiger partial charge is 0.319 e. The second-order valence-electron chi connectivity index (χ2n) is 4.84. The van der Waals surface area contributed by atoms with Crippen LogP contribution in [0.1, 0.15) is 11.1 Å². The lowest BCUT2D eigenvalue weighted by Gasteiger charge is -2.15. The van der Waals surface area contributed by atoms with Crippen LogP contribution in [-0.2, 0) is 13.1 Å². The maximum Gasteiger partial charge on any atom is 0.319 e. The van der Waals surface area contributed by atoms with E-state index in [2.05, 4.69) is 5.32 Å². The Labute approximate surface area is 133 Å². The van der Waals surface area contributed by atoms with Crippen LogP contribution in [0.5, 0.6) is 0 Å². The molecule has 0 amide bonds. The molecular weight excluding hydrogens is 308 g/mol. The van der Waals surface area contributed by atoms with Crippen LogP contribution in [0.15, 0.2) is 60.7 Å². The summed E-state index contributed by atoms with van der Waals surface area (Å²) >= 11 is 0. The van der Waals surface area contributed by atoms with Crippen LogP contribution in [0, 0.1) is 0 Å². The third kappa shape index (κ3) is 7.76. The van der Waals surface area contributed by atoms with Crippen LogP contribution in [0.3, 0.4) is 0 Å². The fourth-order valence-corrected chi connectivity index (χ4v) is 1.66. The molecule has 2 aromatic rings. The highest BCUT2D eigenvalue weighted by atomic mass is 19.3. The summed E-state index contributed by atoms with van der Waals surface area (Å²) in [4.78, 5) is 0. The Bertz CT molecular complexity index is 533. The van der Waals surface area contributed by atoms with Crippen molar-refractivity contribution in [2.75, 3.05) is 6.54 Å². The molecule has 0 spiro atoms. The quantitative estimate of drug-likeness (QED) is 0.791. The summed E-state index contributed by atoms with van der Waals surface area (Å²) < 4.78 is 48.4. The maximum atomic E-state index is 12.4. The summed E-state index contributed by atoms with van der Waals surface area (Å²) in [6, 6.07) is 18.7. The Morgan fingerprint density at radius 2 is 1.35 bits per heavy atom. The molecule has 0 aromatic heterocycles. The molecule has 0 atom stereocenters. The molecule has 0 fully saturated rings. The predicted molar refractivity (Wildman–Crippen MR) is 83.4 cm³/mol. The van der Waals surface area contributed by atoms with Crippen LogP contribution in [0.25, 0.3) is 0 Å².